The molecule has 1 fully saturated rings. The van der Waals surface area contributed by atoms with Gasteiger partial charge in [-0.25, -0.2) is 4.39 Å². The zero-order valence-electron chi connectivity index (χ0n) is 13.4. The molecule has 2 rings (SSSR count). The summed E-state index contributed by atoms with van der Waals surface area (Å²) < 4.78 is 13.5. The highest BCUT2D eigenvalue weighted by Crippen LogP contribution is 2.22. The number of halogens is 2. The molecule has 1 aromatic carbocycles. The number of nitro benzene ring substituents is 1. The molecule has 2 amide bonds. The quantitative estimate of drug-likeness (QED) is 0.590. The molecule has 1 atom stereocenters. The number of hydrogen-bond acceptors (Lipinski definition) is 5. The normalized spacial score (nSPS) is 16.7. The number of piperidine rings is 1. The van der Waals surface area contributed by atoms with Gasteiger partial charge in [0, 0.05) is 37.8 Å². The van der Waals surface area contributed by atoms with Crippen LogP contribution in [-0.4, -0.2) is 47.8 Å². The number of nitro groups is 1. The van der Waals surface area contributed by atoms with Gasteiger partial charge < -0.3 is 16.0 Å². The molecule has 1 aliphatic heterocycles. The van der Waals surface area contributed by atoms with E-state index in [0.717, 1.165) is 18.2 Å². The number of nitrogens with one attached hydrogen (secondary N) is 1. The Labute approximate surface area is 150 Å². The monoisotopic (exact) mass is 374 g/mol. The van der Waals surface area contributed by atoms with Crippen LogP contribution in [-0.2, 0) is 4.79 Å². The molecular formula is C15H20ClFN4O4. The van der Waals surface area contributed by atoms with Crippen LogP contribution in [0.1, 0.15) is 23.2 Å². The van der Waals surface area contributed by atoms with Crippen molar-refractivity contribution in [2.75, 3.05) is 26.2 Å². The molecule has 0 aromatic heterocycles. The maximum absolute atomic E-state index is 13.5. The Kier molecular flexibility index (Phi) is 7.72. The topological polar surface area (TPSA) is 119 Å². The van der Waals surface area contributed by atoms with E-state index in [9.17, 15) is 24.1 Å². The van der Waals surface area contributed by atoms with Crippen molar-refractivity contribution in [2.45, 2.75) is 12.8 Å². The lowest BCUT2D eigenvalue weighted by Gasteiger charge is -2.32. The molecule has 0 radical (unpaired) electrons. The first-order valence-corrected chi connectivity index (χ1v) is 7.64. The van der Waals surface area contributed by atoms with Crippen molar-refractivity contribution in [1.29, 1.82) is 0 Å². The van der Waals surface area contributed by atoms with E-state index in [1.165, 1.54) is 4.90 Å². The molecule has 8 nitrogen and oxygen atoms in total. The van der Waals surface area contributed by atoms with E-state index < -0.39 is 22.3 Å². The van der Waals surface area contributed by atoms with Gasteiger partial charge in [0.05, 0.1) is 16.9 Å². The van der Waals surface area contributed by atoms with Crippen LogP contribution < -0.4 is 11.1 Å². The van der Waals surface area contributed by atoms with E-state index in [4.69, 9.17) is 5.73 Å². The third-order valence-corrected chi connectivity index (χ3v) is 3.86. The predicted molar refractivity (Wildman–Crippen MR) is 91.0 cm³/mol. The summed E-state index contributed by atoms with van der Waals surface area (Å²) in [7, 11) is 0. The van der Waals surface area contributed by atoms with Crippen LogP contribution in [0.2, 0.25) is 0 Å². The highest BCUT2D eigenvalue weighted by Gasteiger charge is 2.29. The molecule has 1 saturated heterocycles. The minimum Gasteiger partial charge on any atom is -0.355 e. The second kappa shape index (κ2) is 9.28. The van der Waals surface area contributed by atoms with Gasteiger partial charge in [0.25, 0.3) is 11.6 Å². The zero-order chi connectivity index (χ0) is 17.7. The molecule has 25 heavy (non-hydrogen) atoms. The average Bonchev–Trinajstić information content (AvgIpc) is 2.58. The summed E-state index contributed by atoms with van der Waals surface area (Å²) in [6, 6.07) is 2.77. The molecule has 0 aliphatic carbocycles. The molecule has 1 unspecified atom stereocenters. The summed E-state index contributed by atoms with van der Waals surface area (Å²) in [4.78, 5) is 36.0. The van der Waals surface area contributed by atoms with Crippen LogP contribution in [0, 0.1) is 21.8 Å². The summed E-state index contributed by atoms with van der Waals surface area (Å²) in [5.41, 5.74) is 4.77. The fourth-order valence-electron chi connectivity index (χ4n) is 2.70. The van der Waals surface area contributed by atoms with Crippen LogP contribution in [0.3, 0.4) is 0 Å². The van der Waals surface area contributed by atoms with Crippen molar-refractivity contribution < 1.29 is 18.9 Å². The molecule has 0 saturated carbocycles. The van der Waals surface area contributed by atoms with E-state index in [1.807, 2.05) is 0 Å². The molecular weight excluding hydrogens is 355 g/mol. The number of amides is 2. The maximum atomic E-state index is 13.5. The summed E-state index contributed by atoms with van der Waals surface area (Å²) in [6.07, 6.45) is 1.27. The molecule has 10 heteroatoms. The molecule has 138 valence electrons. The smallest absolute Gasteiger partial charge is 0.273 e. The number of carbonyl (C=O) groups is 2. The maximum Gasteiger partial charge on any atom is 0.273 e. The Morgan fingerprint density at radius 2 is 2.12 bits per heavy atom. The number of benzene rings is 1. The lowest BCUT2D eigenvalue weighted by molar-refractivity contribution is -0.385. The predicted octanol–water partition coefficient (Wildman–Crippen LogP) is 1.08. The summed E-state index contributed by atoms with van der Waals surface area (Å²) in [5, 5.41) is 13.5. The molecule has 3 N–H and O–H groups in total. The van der Waals surface area contributed by atoms with E-state index in [-0.39, 0.29) is 36.3 Å². The van der Waals surface area contributed by atoms with E-state index in [1.54, 1.807) is 0 Å². The van der Waals surface area contributed by atoms with Crippen LogP contribution in [0.25, 0.3) is 0 Å². The fraction of sp³-hybridized carbons (Fsp3) is 0.467. The van der Waals surface area contributed by atoms with Crippen molar-refractivity contribution in [3.05, 3.63) is 39.7 Å². The summed E-state index contributed by atoms with van der Waals surface area (Å²) >= 11 is 0. The Hall–Kier alpha value is -2.26. The molecule has 0 spiro atoms. The van der Waals surface area contributed by atoms with Crippen molar-refractivity contribution in [3.8, 4) is 0 Å². The number of carbonyl (C=O) groups excluding carboxylic acids is 2. The Morgan fingerprint density at radius 3 is 2.76 bits per heavy atom. The number of non-ortho nitro benzene ring substituents is 1. The van der Waals surface area contributed by atoms with Gasteiger partial charge in [-0.15, -0.1) is 12.4 Å². The SMILES string of the molecule is Cl.NCCNC(=O)C1CCCN(C(=O)c2cc(F)cc([N+](=O)[O-])c2)C1. The molecule has 0 bridgehead atoms. The first-order valence-electron chi connectivity index (χ1n) is 7.64. The third-order valence-electron chi connectivity index (χ3n) is 3.86. The zero-order valence-corrected chi connectivity index (χ0v) is 14.3. The largest absolute Gasteiger partial charge is 0.355 e. The van der Waals surface area contributed by atoms with Crippen molar-refractivity contribution in [3.63, 3.8) is 0 Å². The number of hydrogen-bond donors (Lipinski definition) is 2. The van der Waals surface area contributed by atoms with E-state index >= 15 is 0 Å². The highest BCUT2D eigenvalue weighted by atomic mass is 35.5. The summed E-state index contributed by atoms with van der Waals surface area (Å²) in [6.45, 7) is 1.30. The first-order chi connectivity index (χ1) is 11.4. The van der Waals surface area contributed by atoms with Crippen molar-refractivity contribution in [1.82, 2.24) is 10.2 Å². The second-order valence-electron chi connectivity index (χ2n) is 5.63. The number of nitrogens with zero attached hydrogens (tertiary/aromatic N) is 2. The van der Waals surface area contributed by atoms with Gasteiger partial charge in [-0.3, -0.25) is 19.7 Å². The van der Waals surface area contributed by atoms with Crippen LogP contribution >= 0.6 is 12.4 Å². The van der Waals surface area contributed by atoms with Gasteiger partial charge in [0.1, 0.15) is 5.82 Å². The van der Waals surface area contributed by atoms with Crippen LogP contribution in [0.5, 0.6) is 0 Å². The second-order valence-corrected chi connectivity index (χ2v) is 5.63. The Bertz CT molecular complexity index is 658. The third kappa shape index (κ3) is 5.36. The minimum absolute atomic E-state index is 0. The Balaban J connectivity index is 0.00000312. The first kappa shape index (κ1) is 20.8. The lowest BCUT2D eigenvalue weighted by Crippen LogP contribution is -2.46. The van der Waals surface area contributed by atoms with E-state index in [0.29, 0.717) is 32.5 Å². The molecule has 1 aliphatic rings. The van der Waals surface area contributed by atoms with Gasteiger partial charge in [-0.05, 0) is 18.9 Å². The van der Waals surface area contributed by atoms with Gasteiger partial charge >= 0.3 is 0 Å². The molecule has 1 aromatic rings. The Morgan fingerprint density at radius 1 is 1.40 bits per heavy atom. The number of nitrogens with two attached hydrogens (primary N) is 1. The van der Waals surface area contributed by atoms with Crippen molar-refractivity contribution in [2.24, 2.45) is 11.7 Å². The number of rotatable bonds is 5. The summed E-state index contributed by atoms with van der Waals surface area (Å²) in [5.74, 6) is -1.91. The molecule has 1 heterocycles. The van der Waals surface area contributed by atoms with Crippen molar-refractivity contribution >= 4 is 29.9 Å². The van der Waals surface area contributed by atoms with E-state index in [2.05, 4.69) is 5.32 Å². The average molecular weight is 375 g/mol. The van der Waals surface area contributed by atoms with Crippen LogP contribution in [0.15, 0.2) is 18.2 Å². The minimum atomic E-state index is -0.846. The van der Waals surface area contributed by atoms with Gasteiger partial charge in [-0.1, -0.05) is 0 Å². The standard InChI is InChI=1S/C15H19FN4O4.ClH/c16-12-6-11(7-13(8-12)20(23)24)15(22)19-5-1-2-10(9-19)14(21)18-4-3-17;/h6-8,10H,1-5,9,17H2,(H,18,21);1H. The van der Waals surface area contributed by atoms with Gasteiger partial charge in [-0.2, -0.15) is 0 Å². The highest BCUT2D eigenvalue weighted by molar-refractivity contribution is 5.95. The lowest BCUT2D eigenvalue weighted by atomic mass is 9.96. The van der Waals surface area contributed by atoms with Crippen LogP contribution in [0.4, 0.5) is 10.1 Å². The van der Waals surface area contributed by atoms with Gasteiger partial charge in [0.15, 0.2) is 0 Å². The fourth-order valence-corrected chi connectivity index (χ4v) is 2.70. The number of likely N-dealkylation sites (tertiary alicyclic amines) is 1. The van der Waals surface area contributed by atoms with Gasteiger partial charge in [0.2, 0.25) is 5.91 Å².